The lowest BCUT2D eigenvalue weighted by Crippen LogP contribution is -2.46. The number of nitrogens with zero attached hydrogens (tertiary/aromatic N) is 1. The monoisotopic (exact) mass is 489 g/mol. The maximum Gasteiger partial charge on any atom is 0.253 e. The third kappa shape index (κ3) is 13.9. The van der Waals surface area contributed by atoms with Crippen LogP contribution < -0.4 is 15.4 Å². The summed E-state index contributed by atoms with van der Waals surface area (Å²) in [5, 5.41) is 6.31. The average molecular weight is 490 g/mol. The molecule has 0 radical (unpaired) electrons. The molecule has 0 saturated heterocycles. The Balaban J connectivity index is 2.52. The van der Waals surface area contributed by atoms with E-state index in [4.69, 9.17) is 9.47 Å². The summed E-state index contributed by atoms with van der Waals surface area (Å²) in [7, 11) is 1.83. The molecule has 7 nitrogen and oxygen atoms in total. The second-order valence-electron chi connectivity index (χ2n) is 11.4. The Hall–Kier alpha value is -2.38. The zero-order valence-corrected chi connectivity index (χ0v) is 23.2. The van der Waals surface area contributed by atoms with Crippen molar-refractivity contribution in [2.45, 2.75) is 67.0 Å². The molecule has 1 unspecified atom stereocenters. The Kier molecular flexibility index (Phi) is 12.5. The van der Waals surface area contributed by atoms with Gasteiger partial charge in [-0.2, -0.15) is 0 Å². The molecule has 198 valence electrons. The molecular weight excluding hydrogens is 442 g/mol. The molecule has 1 atom stereocenters. The fourth-order valence-electron chi connectivity index (χ4n) is 3.26. The Bertz CT molecular complexity index is 828. The molecule has 0 aliphatic heterocycles. The summed E-state index contributed by atoms with van der Waals surface area (Å²) in [6, 6.07) is 7.17. The Labute approximate surface area is 212 Å². The highest BCUT2D eigenvalue weighted by Crippen LogP contribution is 2.20. The topological polar surface area (TPSA) is 79.9 Å². The number of carbonyl (C=O) groups is 2. The molecule has 0 aliphatic carbocycles. The third-order valence-corrected chi connectivity index (χ3v) is 5.11. The molecule has 0 bridgehead atoms. The molecule has 35 heavy (non-hydrogen) atoms. The van der Waals surface area contributed by atoms with Crippen LogP contribution in [0.5, 0.6) is 5.75 Å². The lowest BCUT2D eigenvalue weighted by Gasteiger charge is -2.34. The van der Waals surface area contributed by atoms with Crippen molar-refractivity contribution in [3.8, 4) is 5.75 Å². The fraction of sp³-hybridized carbons (Fsp3) is 0.643. The smallest absolute Gasteiger partial charge is 0.253 e. The maximum atomic E-state index is 13.0. The van der Waals surface area contributed by atoms with Crippen LogP contribution in [0.25, 0.3) is 0 Å². The third-order valence-electron chi connectivity index (χ3n) is 5.11. The van der Waals surface area contributed by atoms with E-state index in [9.17, 15) is 9.59 Å². The van der Waals surface area contributed by atoms with Crippen molar-refractivity contribution in [3.63, 3.8) is 0 Å². The summed E-state index contributed by atoms with van der Waals surface area (Å²) in [6.07, 6.45) is 3.70. The largest absolute Gasteiger partial charge is 0.491 e. The molecule has 0 saturated carbocycles. The van der Waals surface area contributed by atoms with E-state index < -0.39 is 0 Å². The zero-order chi connectivity index (χ0) is 26.6. The Morgan fingerprint density at radius 3 is 2.43 bits per heavy atom. The molecule has 2 N–H and O–H groups in total. The molecule has 1 rings (SSSR count). The van der Waals surface area contributed by atoms with E-state index >= 15 is 0 Å². The van der Waals surface area contributed by atoms with Crippen LogP contribution >= 0.6 is 0 Å². The first kappa shape index (κ1) is 30.7. The number of allylic oxidation sites excluding steroid dienone is 1. The average Bonchev–Trinajstić information content (AvgIpc) is 2.76. The molecular formula is C28H47N3O4. The Morgan fingerprint density at radius 2 is 1.80 bits per heavy atom. The van der Waals surface area contributed by atoms with Gasteiger partial charge >= 0.3 is 0 Å². The van der Waals surface area contributed by atoms with Crippen molar-refractivity contribution >= 4 is 11.8 Å². The SMILES string of the molecule is CC(C)/C=C/CNC(=O)COC(C)COc1cccc(C(=O)N(C)CC(C)(C)CNC(C)(C)C)c1. The normalized spacial score (nSPS) is 13.2. The van der Waals surface area contributed by atoms with E-state index in [1.807, 2.05) is 38.3 Å². The number of nitrogens with one attached hydrogen (secondary N) is 2. The lowest BCUT2D eigenvalue weighted by molar-refractivity contribution is -0.127. The molecule has 7 heteroatoms. The summed E-state index contributed by atoms with van der Waals surface area (Å²) in [6.45, 7) is 18.9. The summed E-state index contributed by atoms with van der Waals surface area (Å²) in [5.41, 5.74) is 0.531. The van der Waals surface area contributed by atoms with Crippen molar-refractivity contribution < 1.29 is 19.1 Å². The second kappa shape index (κ2) is 14.2. The maximum absolute atomic E-state index is 13.0. The van der Waals surface area contributed by atoms with Crippen molar-refractivity contribution in [3.05, 3.63) is 42.0 Å². The van der Waals surface area contributed by atoms with E-state index in [1.165, 1.54) is 0 Å². The van der Waals surface area contributed by atoms with Crippen LogP contribution in [0.3, 0.4) is 0 Å². The van der Waals surface area contributed by atoms with Crippen LogP contribution in [-0.4, -0.2) is 68.3 Å². The number of hydrogen-bond donors (Lipinski definition) is 2. The zero-order valence-electron chi connectivity index (χ0n) is 23.2. The minimum Gasteiger partial charge on any atom is -0.491 e. The van der Waals surface area contributed by atoms with Gasteiger partial charge in [0.15, 0.2) is 0 Å². The van der Waals surface area contributed by atoms with Gasteiger partial charge in [-0.25, -0.2) is 0 Å². The van der Waals surface area contributed by atoms with Gasteiger partial charge in [-0.15, -0.1) is 0 Å². The van der Waals surface area contributed by atoms with Crippen molar-refractivity contribution in [1.29, 1.82) is 0 Å². The second-order valence-corrected chi connectivity index (χ2v) is 11.4. The van der Waals surface area contributed by atoms with Gasteiger partial charge in [-0.05, 0) is 57.2 Å². The number of hydrogen-bond acceptors (Lipinski definition) is 5. The summed E-state index contributed by atoms with van der Waals surface area (Å²) < 4.78 is 11.4. The number of carbonyl (C=O) groups excluding carboxylic acids is 2. The van der Waals surface area contributed by atoms with E-state index in [-0.39, 0.29) is 42.1 Å². The summed E-state index contributed by atoms with van der Waals surface area (Å²) in [4.78, 5) is 26.6. The van der Waals surface area contributed by atoms with Gasteiger partial charge in [0.05, 0.1) is 6.10 Å². The van der Waals surface area contributed by atoms with E-state index in [0.29, 0.717) is 30.3 Å². The molecule has 0 spiro atoms. The van der Waals surface area contributed by atoms with Crippen LogP contribution in [0.2, 0.25) is 0 Å². The van der Waals surface area contributed by atoms with E-state index in [1.54, 1.807) is 17.0 Å². The van der Waals surface area contributed by atoms with Crippen LogP contribution in [0, 0.1) is 11.3 Å². The number of benzene rings is 1. The molecule has 0 fully saturated rings. The van der Waals surface area contributed by atoms with Crippen LogP contribution in [0.4, 0.5) is 0 Å². The molecule has 1 aromatic carbocycles. The highest BCUT2D eigenvalue weighted by molar-refractivity contribution is 5.94. The van der Waals surface area contributed by atoms with Gasteiger partial charge in [0.1, 0.15) is 19.0 Å². The van der Waals surface area contributed by atoms with Gasteiger partial charge < -0.3 is 25.0 Å². The van der Waals surface area contributed by atoms with E-state index in [2.05, 4.69) is 59.1 Å². The number of ether oxygens (including phenoxy) is 2. The minimum absolute atomic E-state index is 0.0246. The molecule has 0 aromatic heterocycles. The quantitative estimate of drug-likeness (QED) is 0.381. The van der Waals surface area contributed by atoms with Crippen LogP contribution in [0.15, 0.2) is 36.4 Å². The Morgan fingerprint density at radius 1 is 1.11 bits per heavy atom. The van der Waals surface area contributed by atoms with Gasteiger partial charge in [0.25, 0.3) is 5.91 Å². The van der Waals surface area contributed by atoms with Gasteiger partial charge in [0, 0.05) is 37.8 Å². The predicted octanol–water partition coefficient (Wildman–Crippen LogP) is 4.29. The van der Waals surface area contributed by atoms with Crippen LogP contribution in [-0.2, 0) is 9.53 Å². The standard InChI is InChI=1S/C28H47N3O4/c1-21(2)12-11-15-29-25(32)18-34-22(3)17-35-24-14-10-13-23(16-24)26(33)31(9)20-28(7,8)19-30-27(4,5)6/h10-14,16,21-22,30H,15,17-20H2,1-9H3,(H,29,32)/b12-11+. The van der Waals surface area contributed by atoms with Gasteiger partial charge in [-0.3, -0.25) is 9.59 Å². The first-order valence-electron chi connectivity index (χ1n) is 12.5. The highest BCUT2D eigenvalue weighted by Gasteiger charge is 2.25. The molecule has 0 aliphatic rings. The first-order chi connectivity index (χ1) is 16.2. The summed E-state index contributed by atoms with van der Waals surface area (Å²) >= 11 is 0. The summed E-state index contributed by atoms with van der Waals surface area (Å²) in [5.74, 6) is 0.835. The van der Waals surface area contributed by atoms with Gasteiger partial charge in [0.2, 0.25) is 5.91 Å². The van der Waals surface area contributed by atoms with E-state index in [0.717, 1.165) is 6.54 Å². The predicted molar refractivity (Wildman–Crippen MR) is 143 cm³/mol. The number of rotatable bonds is 14. The first-order valence-corrected chi connectivity index (χ1v) is 12.5. The minimum atomic E-state index is -0.273. The molecule has 1 aromatic rings. The molecule has 2 amide bonds. The van der Waals surface area contributed by atoms with Crippen LogP contribution in [0.1, 0.15) is 65.7 Å². The van der Waals surface area contributed by atoms with Gasteiger partial charge in [-0.1, -0.05) is 45.9 Å². The van der Waals surface area contributed by atoms with Crippen molar-refractivity contribution in [1.82, 2.24) is 15.5 Å². The fourth-order valence-corrected chi connectivity index (χ4v) is 3.26. The highest BCUT2D eigenvalue weighted by atomic mass is 16.5. The lowest BCUT2D eigenvalue weighted by atomic mass is 9.91. The number of amides is 2. The molecule has 0 heterocycles. The van der Waals surface area contributed by atoms with Crippen molar-refractivity contribution in [2.24, 2.45) is 11.3 Å². The van der Waals surface area contributed by atoms with Crippen molar-refractivity contribution in [2.75, 3.05) is 39.9 Å².